The van der Waals surface area contributed by atoms with Gasteiger partial charge in [0.25, 0.3) is 11.8 Å². The van der Waals surface area contributed by atoms with Crippen molar-refractivity contribution in [3.05, 3.63) is 87.1 Å². The molecule has 1 aromatic heterocycles. The number of rotatable bonds is 4. The predicted octanol–water partition coefficient (Wildman–Crippen LogP) is 6.02. The first-order chi connectivity index (χ1) is 14.1. The summed E-state index contributed by atoms with van der Waals surface area (Å²) in [6, 6.07) is 11.7. The van der Waals surface area contributed by atoms with Crippen LogP contribution in [0.3, 0.4) is 0 Å². The summed E-state index contributed by atoms with van der Waals surface area (Å²) in [5, 5.41) is 5.02. The number of benzene rings is 2. The van der Waals surface area contributed by atoms with E-state index in [0.29, 0.717) is 10.2 Å². The molecular weight excluding hydrogens is 487 g/mol. The Morgan fingerprint density at radius 3 is 2.27 bits per heavy atom. The van der Waals surface area contributed by atoms with Gasteiger partial charge >= 0.3 is 6.18 Å². The van der Waals surface area contributed by atoms with Gasteiger partial charge in [0.2, 0.25) is 0 Å². The van der Waals surface area contributed by atoms with E-state index in [1.165, 1.54) is 42.6 Å². The van der Waals surface area contributed by atoms with Crippen LogP contribution in [0.5, 0.6) is 0 Å². The fourth-order valence-electron chi connectivity index (χ4n) is 2.49. The van der Waals surface area contributed by atoms with Gasteiger partial charge in [0.15, 0.2) is 0 Å². The number of alkyl halides is 3. The molecule has 0 aliphatic heterocycles. The van der Waals surface area contributed by atoms with Gasteiger partial charge in [0.1, 0.15) is 5.15 Å². The van der Waals surface area contributed by atoms with Gasteiger partial charge in [0.05, 0.1) is 11.1 Å². The minimum atomic E-state index is -4.52. The maximum absolute atomic E-state index is 12.8. The number of aromatic nitrogens is 1. The molecule has 154 valence electrons. The smallest absolute Gasteiger partial charge is 0.322 e. The van der Waals surface area contributed by atoms with Crippen molar-refractivity contribution in [3.63, 3.8) is 0 Å². The Hall–Kier alpha value is -2.91. The summed E-state index contributed by atoms with van der Waals surface area (Å²) in [5.41, 5.74) is -0.307. The molecule has 0 aliphatic rings. The zero-order chi connectivity index (χ0) is 21.9. The number of anilines is 2. The number of hydrogen-bond acceptors (Lipinski definition) is 3. The highest BCUT2D eigenvalue weighted by Gasteiger charge is 2.30. The van der Waals surface area contributed by atoms with Crippen molar-refractivity contribution < 1.29 is 22.8 Å². The van der Waals surface area contributed by atoms with Gasteiger partial charge in [-0.15, -0.1) is 0 Å². The molecule has 0 aliphatic carbocycles. The van der Waals surface area contributed by atoms with Crippen molar-refractivity contribution in [2.24, 2.45) is 0 Å². The van der Waals surface area contributed by atoms with Gasteiger partial charge < -0.3 is 10.6 Å². The van der Waals surface area contributed by atoms with Crippen LogP contribution in [-0.4, -0.2) is 16.8 Å². The summed E-state index contributed by atoms with van der Waals surface area (Å²) in [6.07, 6.45) is -3.08. The number of nitrogens with one attached hydrogen (secondary N) is 2. The van der Waals surface area contributed by atoms with E-state index in [1.807, 2.05) is 0 Å². The van der Waals surface area contributed by atoms with Crippen LogP contribution in [-0.2, 0) is 6.18 Å². The summed E-state index contributed by atoms with van der Waals surface area (Å²) in [6.45, 7) is 0. The Bertz CT molecular complexity index is 1120. The monoisotopic (exact) mass is 497 g/mol. The summed E-state index contributed by atoms with van der Waals surface area (Å²) in [7, 11) is 0. The highest BCUT2D eigenvalue weighted by atomic mass is 79.9. The lowest BCUT2D eigenvalue weighted by Gasteiger charge is -2.11. The normalized spacial score (nSPS) is 11.1. The second-order valence-electron chi connectivity index (χ2n) is 6.06. The van der Waals surface area contributed by atoms with Crippen LogP contribution in [0.25, 0.3) is 0 Å². The van der Waals surface area contributed by atoms with Crippen LogP contribution in [0.15, 0.2) is 65.3 Å². The molecule has 0 radical (unpaired) electrons. The first-order valence-electron chi connectivity index (χ1n) is 8.34. The average molecular weight is 499 g/mol. The minimum absolute atomic E-state index is 0.00347. The van der Waals surface area contributed by atoms with Crippen molar-refractivity contribution in [2.45, 2.75) is 6.18 Å². The quantitative estimate of drug-likeness (QED) is 0.432. The Morgan fingerprint density at radius 1 is 0.933 bits per heavy atom. The number of carbonyl (C=O) groups is 2. The summed E-state index contributed by atoms with van der Waals surface area (Å²) >= 11 is 9.14. The van der Waals surface area contributed by atoms with E-state index in [2.05, 4.69) is 31.5 Å². The zero-order valence-electron chi connectivity index (χ0n) is 14.9. The molecule has 2 aromatic carbocycles. The van der Waals surface area contributed by atoms with E-state index in [-0.39, 0.29) is 22.0 Å². The third kappa shape index (κ3) is 5.37. The summed E-state index contributed by atoms with van der Waals surface area (Å²) in [5.74, 6) is -1.17. The van der Waals surface area contributed by atoms with Crippen LogP contribution in [0.2, 0.25) is 5.15 Å². The second-order valence-corrected chi connectivity index (χ2v) is 7.33. The highest BCUT2D eigenvalue weighted by Crippen LogP contribution is 2.30. The van der Waals surface area contributed by atoms with Crippen molar-refractivity contribution >= 4 is 50.7 Å². The van der Waals surface area contributed by atoms with Crippen molar-refractivity contribution in [1.82, 2.24) is 4.98 Å². The Balaban J connectivity index is 1.76. The first kappa shape index (κ1) is 21.8. The SMILES string of the molecule is O=C(Nc1cccc(C(F)(F)F)c1)c1cccc(NC(=O)c2cc(Br)cnc2Cl)c1. The minimum Gasteiger partial charge on any atom is -0.322 e. The number of pyridine rings is 1. The zero-order valence-corrected chi connectivity index (χ0v) is 17.3. The van der Waals surface area contributed by atoms with Crippen LogP contribution < -0.4 is 10.6 Å². The predicted molar refractivity (Wildman–Crippen MR) is 111 cm³/mol. The lowest BCUT2D eigenvalue weighted by molar-refractivity contribution is -0.137. The molecule has 0 bridgehead atoms. The summed E-state index contributed by atoms with van der Waals surface area (Å²) in [4.78, 5) is 28.7. The number of amides is 2. The van der Waals surface area contributed by atoms with E-state index < -0.39 is 23.6 Å². The van der Waals surface area contributed by atoms with Crippen LogP contribution in [0.4, 0.5) is 24.5 Å². The van der Waals surface area contributed by atoms with Gasteiger partial charge in [-0.05, 0) is 58.4 Å². The molecule has 30 heavy (non-hydrogen) atoms. The van der Waals surface area contributed by atoms with Crippen LogP contribution in [0.1, 0.15) is 26.3 Å². The van der Waals surface area contributed by atoms with Crippen LogP contribution in [0, 0.1) is 0 Å². The van der Waals surface area contributed by atoms with E-state index in [9.17, 15) is 22.8 Å². The molecule has 2 amide bonds. The van der Waals surface area contributed by atoms with Gasteiger partial charge in [0, 0.05) is 27.6 Å². The largest absolute Gasteiger partial charge is 0.416 e. The topological polar surface area (TPSA) is 71.1 Å². The van der Waals surface area contributed by atoms with Gasteiger partial charge in [-0.2, -0.15) is 13.2 Å². The highest BCUT2D eigenvalue weighted by molar-refractivity contribution is 9.10. The number of halogens is 5. The molecule has 3 aromatic rings. The molecule has 0 unspecified atom stereocenters. The molecule has 0 spiro atoms. The Morgan fingerprint density at radius 2 is 1.57 bits per heavy atom. The van der Waals surface area contributed by atoms with Crippen LogP contribution >= 0.6 is 27.5 Å². The van der Waals surface area contributed by atoms with E-state index in [1.54, 1.807) is 6.07 Å². The summed E-state index contributed by atoms with van der Waals surface area (Å²) < 4.78 is 39.0. The molecule has 3 rings (SSSR count). The standard InChI is InChI=1S/C20H12BrClF3N3O2/c21-13-9-16(17(22)26-10-13)19(30)28-14-5-1-3-11(7-14)18(29)27-15-6-2-4-12(8-15)20(23,24)25/h1-10H,(H,27,29)(H,28,30). The second kappa shape index (κ2) is 8.85. The molecule has 1 heterocycles. The molecule has 5 nitrogen and oxygen atoms in total. The fourth-order valence-corrected chi connectivity index (χ4v) is 3.02. The number of carbonyl (C=O) groups excluding carboxylic acids is 2. The van der Waals surface area contributed by atoms with Gasteiger partial charge in [-0.1, -0.05) is 23.7 Å². The first-order valence-corrected chi connectivity index (χ1v) is 9.51. The molecule has 10 heteroatoms. The Labute approximate surface area is 182 Å². The van der Waals surface area contributed by atoms with E-state index >= 15 is 0 Å². The maximum Gasteiger partial charge on any atom is 0.416 e. The third-order valence-electron chi connectivity index (χ3n) is 3.88. The number of nitrogens with zero attached hydrogens (tertiary/aromatic N) is 1. The Kier molecular flexibility index (Phi) is 6.42. The molecule has 0 saturated carbocycles. The average Bonchev–Trinajstić information content (AvgIpc) is 2.69. The van der Waals surface area contributed by atoms with E-state index in [0.717, 1.165) is 12.1 Å². The van der Waals surface area contributed by atoms with E-state index in [4.69, 9.17) is 11.6 Å². The lowest BCUT2D eigenvalue weighted by Crippen LogP contribution is -2.15. The lowest BCUT2D eigenvalue weighted by atomic mass is 10.1. The van der Waals surface area contributed by atoms with Crippen molar-refractivity contribution in [1.29, 1.82) is 0 Å². The molecular formula is C20H12BrClF3N3O2. The molecule has 2 N–H and O–H groups in total. The molecule has 0 atom stereocenters. The number of hydrogen-bond donors (Lipinski definition) is 2. The third-order valence-corrected chi connectivity index (χ3v) is 4.62. The van der Waals surface area contributed by atoms with Gasteiger partial charge in [-0.3, -0.25) is 9.59 Å². The fraction of sp³-hybridized carbons (Fsp3) is 0.0500. The molecule has 0 saturated heterocycles. The van der Waals surface area contributed by atoms with Crippen molar-refractivity contribution in [3.8, 4) is 0 Å². The molecule has 0 fully saturated rings. The van der Waals surface area contributed by atoms with Crippen molar-refractivity contribution in [2.75, 3.05) is 10.6 Å². The van der Waals surface area contributed by atoms with Gasteiger partial charge in [-0.25, -0.2) is 4.98 Å². The maximum atomic E-state index is 12.8.